The van der Waals surface area contributed by atoms with Crippen molar-refractivity contribution in [2.75, 3.05) is 38.3 Å². The summed E-state index contributed by atoms with van der Waals surface area (Å²) in [7, 11) is -2.61. The van der Waals surface area contributed by atoms with Gasteiger partial charge in [-0.1, -0.05) is 12.1 Å². The normalized spacial score (nSPS) is 14.9. The maximum atomic E-state index is 12.4. The quantitative estimate of drug-likeness (QED) is 0.686. The Hall–Kier alpha value is -2.21. The molecule has 0 atom stereocenters. The molecule has 0 saturated carbocycles. The number of thiazole rings is 1. The number of hydrazine groups is 1. The van der Waals surface area contributed by atoms with E-state index in [0.29, 0.717) is 31.4 Å². The molecule has 2 heterocycles. The van der Waals surface area contributed by atoms with E-state index in [4.69, 9.17) is 9.47 Å². The number of benzene rings is 1. The second kappa shape index (κ2) is 7.99. The number of ether oxygens (including phenoxy) is 2. The molecule has 1 aromatic heterocycles. The van der Waals surface area contributed by atoms with E-state index >= 15 is 0 Å². The van der Waals surface area contributed by atoms with Gasteiger partial charge in [0.15, 0.2) is 5.13 Å². The highest BCUT2D eigenvalue weighted by Gasteiger charge is 2.22. The van der Waals surface area contributed by atoms with E-state index in [0.717, 1.165) is 0 Å². The lowest BCUT2D eigenvalue weighted by atomic mass is 10.3. The van der Waals surface area contributed by atoms with E-state index < -0.39 is 15.9 Å². The van der Waals surface area contributed by atoms with Gasteiger partial charge < -0.3 is 14.4 Å². The molecule has 1 aromatic carbocycles. The molecule has 11 heteroatoms. The third-order valence-electron chi connectivity index (χ3n) is 3.66. The number of hydrogen-bond donors (Lipinski definition) is 2. The van der Waals surface area contributed by atoms with Gasteiger partial charge in [0.2, 0.25) is 0 Å². The van der Waals surface area contributed by atoms with Crippen molar-refractivity contribution in [3.8, 4) is 5.75 Å². The van der Waals surface area contributed by atoms with Gasteiger partial charge in [0.05, 0.1) is 20.3 Å². The summed E-state index contributed by atoms with van der Waals surface area (Å²) in [6, 6.07) is 6.12. The number of methoxy groups -OCH3 is 1. The number of nitrogens with one attached hydrogen (secondary N) is 2. The van der Waals surface area contributed by atoms with Crippen LogP contribution in [0.5, 0.6) is 5.75 Å². The molecule has 0 bridgehead atoms. The first kappa shape index (κ1) is 18.6. The number of morpholine rings is 1. The van der Waals surface area contributed by atoms with Crippen LogP contribution in [0.25, 0.3) is 0 Å². The van der Waals surface area contributed by atoms with Gasteiger partial charge in [-0.2, -0.15) is 0 Å². The highest BCUT2D eigenvalue weighted by atomic mass is 32.2. The van der Waals surface area contributed by atoms with E-state index in [-0.39, 0.29) is 16.3 Å². The summed E-state index contributed by atoms with van der Waals surface area (Å²) in [6.45, 7) is 2.63. The molecule has 1 amide bonds. The second-order valence-electron chi connectivity index (χ2n) is 5.33. The number of carbonyl (C=O) groups excluding carboxylic acids is 1. The summed E-state index contributed by atoms with van der Waals surface area (Å²) in [5.74, 6) is -0.461. The Labute approximate surface area is 155 Å². The first-order chi connectivity index (χ1) is 12.5. The first-order valence-corrected chi connectivity index (χ1v) is 10.1. The molecule has 0 unspecified atom stereocenters. The highest BCUT2D eigenvalue weighted by molar-refractivity contribution is 7.89. The zero-order valence-electron chi connectivity index (χ0n) is 14.0. The number of nitrogens with zero attached hydrogens (tertiary/aromatic N) is 2. The number of rotatable bonds is 6. The highest BCUT2D eigenvalue weighted by Crippen LogP contribution is 2.23. The molecule has 1 aliphatic heterocycles. The van der Waals surface area contributed by atoms with Crippen molar-refractivity contribution in [1.29, 1.82) is 0 Å². The van der Waals surface area contributed by atoms with Crippen molar-refractivity contribution in [1.82, 2.24) is 15.2 Å². The fraction of sp³-hybridized carbons (Fsp3) is 0.333. The summed E-state index contributed by atoms with van der Waals surface area (Å²) < 4.78 is 35.0. The smallest absolute Gasteiger partial charge is 0.285 e. The van der Waals surface area contributed by atoms with E-state index in [1.165, 1.54) is 30.6 Å². The van der Waals surface area contributed by atoms with Crippen LogP contribution in [0.15, 0.2) is 34.5 Å². The average molecular weight is 398 g/mol. The Morgan fingerprint density at radius 2 is 2.04 bits per heavy atom. The molecule has 0 spiro atoms. The van der Waals surface area contributed by atoms with Gasteiger partial charge in [0.25, 0.3) is 15.9 Å². The van der Waals surface area contributed by atoms with Crippen LogP contribution in [-0.2, 0) is 14.8 Å². The summed E-state index contributed by atoms with van der Waals surface area (Å²) >= 11 is 1.32. The molecule has 0 aliphatic carbocycles. The molecule has 3 rings (SSSR count). The Balaban J connectivity index is 1.66. The molecular weight excluding hydrogens is 380 g/mol. The number of sulfonamides is 1. The zero-order valence-corrected chi connectivity index (χ0v) is 15.6. The molecule has 2 aromatic rings. The van der Waals surface area contributed by atoms with Crippen LogP contribution in [0.2, 0.25) is 0 Å². The number of para-hydroxylation sites is 1. The Bertz CT molecular complexity index is 878. The lowest BCUT2D eigenvalue weighted by Crippen LogP contribution is -2.41. The largest absolute Gasteiger partial charge is 0.495 e. The molecule has 9 nitrogen and oxygen atoms in total. The summed E-state index contributed by atoms with van der Waals surface area (Å²) in [6.07, 6.45) is 0. The van der Waals surface area contributed by atoms with Crippen molar-refractivity contribution in [2.45, 2.75) is 4.90 Å². The predicted octanol–water partition coefficient (Wildman–Crippen LogP) is 0.612. The van der Waals surface area contributed by atoms with Gasteiger partial charge in [-0.3, -0.25) is 10.2 Å². The lowest BCUT2D eigenvalue weighted by molar-refractivity contribution is 0.0940. The monoisotopic (exact) mass is 398 g/mol. The van der Waals surface area contributed by atoms with Gasteiger partial charge in [-0.15, -0.1) is 16.2 Å². The number of hydrogen-bond acceptors (Lipinski definition) is 8. The van der Waals surface area contributed by atoms with Gasteiger partial charge >= 0.3 is 0 Å². The van der Waals surface area contributed by atoms with Crippen LogP contribution in [0.3, 0.4) is 0 Å². The molecule has 2 N–H and O–H groups in total. The first-order valence-electron chi connectivity index (χ1n) is 7.74. The van der Waals surface area contributed by atoms with Crippen LogP contribution in [-0.4, -0.2) is 52.7 Å². The summed E-state index contributed by atoms with van der Waals surface area (Å²) in [4.78, 5) is 20.5. The topological polar surface area (TPSA) is 110 Å². The van der Waals surface area contributed by atoms with Crippen molar-refractivity contribution in [3.63, 3.8) is 0 Å². The van der Waals surface area contributed by atoms with Gasteiger partial charge in [0, 0.05) is 18.5 Å². The number of carbonyl (C=O) groups is 1. The van der Waals surface area contributed by atoms with Crippen LogP contribution >= 0.6 is 11.3 Å². The predicted molar refractivity (Wildman–Crippen MR) is 95.9 cm³/mol. The van der Waals surface area contributed by atoms with E-state index in [9.17, 15) is 13.2 Å². The van der Waals surface area contributed by atoms with Crippen LogP contribution < -0.4 is 19.9 Å². The fourth-order valence-electron chi connectivity index (χ4n) is 2.34. The van der Waals surface area contributed by atoms with Crippen molar-refractivity contribution < 1.29 is 22.7 Å². The number of amides is 1. The van der Waals surface area contributed by atoms with Crippen molar-refractivity contribution >= 4 is 32.4 Å². The average Bonchev–Trinajstić information content (AvgIpc) is 3.17. The van der Waals surface area contributed by atoms with Crippen molar-refractivity contribution in [2.24, 2.45) is 0 Å². The van der Waals surface area contributed by atoms with Gasteiger partial charge in [-0.05, 0) is 12.1 Å². The second-order valence-corrected chi connectivity index (χ2v) is 7.81. The Morgan fingerprint density at radius 1 is 1.31 bits per heavy atom. The Kier molecular flexibility index (Phi) is 5.71. The Morgan fingerprint density at radius 3 is 2.77 bits per heavy atom. The minimum atomic E-state index is -3.98. The van der Waals surface area contributed by atoms with Crippen LogP contribution in [0.1, 0.15) is 10.5 Å². The SMILES string of the molecule is COc1ccccc1S(=O)(=O)NNC(=O)c1csc(N2CCOCC2)n1. The summed E-state index contributed by atoms with van der Waals surface area (Å²) in [5.41, 5.74) is 2.31. The van der Waals surface area contributed by atoms with Crippen LogP contribution in [0, 0.1) is 0 Å². The van der Waals surface area contributed by atoms with Gasteiger partial charge in [-0.25, -0.2) is 13.4 Å². The van der Waals surface area contributed by atoms with E-state index in [1.54, 1.807) is 17.5 Å². The third kappa shape index (κ3) is 4.12. The standard InChI is InChI=1S/C15H18N4O5S2/c1-23-12-4-2-3-5-13(12)26(21,22)18-17-14(20)11-10-25-15(16-11)19-6-8-24-9-7-19/h2-5,10,18H,6-9H2,1H3,(H,17,20). The zero-order chi connectivity index (χ0) is 18.6. The van der Waals surface area contributed by atoms with Gasteiger partial charge in [0.1, 0.15) is 16.3 Å². The molecular formula is C15H18N4O5S2. The minimum absolute atomic E-state index is 0.0740. The van der Waals surface area contributed by atoms with Crippen molar-refractivity contribution in [3.05, 3.63) is 35.3 Å². The molecule has 140 valence electrons. The maximum absolute atomic E-state index is 12.4. The maximum Gasteiger partial charge on any atom is 0.285 e. The number of aromatic nitrogens is 1. The van der Waals surface area contributed by atoms with Crippen LogP contribution in [0.4, 0.5) is 5.13 Å². The number of anilines is 1. The van der Waals surface area contributed by atoms with E-state index in [1.807, 2.05) is 4.90 Å². The molecule has 1 aliphatic rings. The van der Waals surface area contributed by atoms with E-state index in [2.05, 4.69) is 15.2 Å². The fourth-order valence-corrected chi connectivity index (χ4v) is 4.21. The molecule has 26 heavy (non-hydrogen) atoms. The molecule has 1 fully saturated rings. The molecule has 1 saturated heterocycles. The lowest BCUT2D eigenvalue weighted by Gasteiger charge is -2.25. The third-order valence-corrected chi connectivity index (χ3v) is 5.85. The minimum Gasteiger partial charge on any atom is -0.495 e. The molecule has 0 radical (unpaired) electrons. The summed E-state index contributed by atoms with van der Waals surface area (Å²) in [5, 5.41) is 2.28.